The number of ether oxygens (including phenoxy) is 2. The maximum atomic E-state index is 11.3. The minimum atomic E-state index is -0.353. The van der Waals surface area contributed by atoms with Gasteiger partial charge in [0.2, 0.25) is 0 Å². The smallest absolute Gasteiger partial charge is 0.337 e. The van der Waals surface area contributed by atoms with E-state index in [-0.39, 0.29) is 11.9 Å². The Kier molecular flexibility index (Phi) is 5.09. The first-order chi connectivity index (χ1) is 10.6. The lowest BCUT2D eigenvalue weighted by atomic mass is 10.1. The van der Waals surface area contributed by atoms with Gasteiger partial charge in [-0.05, 0) is 35.4 Å². The van der Waals surface area contributed by atoms with E-state index in [4.69, 9.17) is 0 Å². The molecule has 0 bridgehead atoms. The van der Waals surface area contributed by atoms with Gasteiger partial charge in [-0.15, -0.1) is 0 Å². The fourth-order valence-electron chi connectivity index (χ4n) is 1.89. The van der Waals surface area contributed by atoms with Crippen molar-refractivity contribution in [3.8, 4) is 0 Å². The molecule has 4 nitrogen and oxygen atoms in total. The molecule has 0 aliphatic carbocycles. The van der Waals surface area contributed by atoms with Gasteiger partial charge in [-0.1, -0.05) is 36.4 Å². The zero-order valence-electron chi connectivity index (χ0n) is 12.4. The number of methoxy groups -OCH3 is 2. The van der Waals surface area contributed by atoms with Gasteiger partial charge in [0, 0.05) is 0 Å². The second kappa shape index (κ2) is 7.22. The molecular weight excluding hydrogens is 280 g/mol. The predicted molar refractivity (Wildman–Crippen MR) is 84.5 cm³/mol. The van der Waals surface area contributed by atoms with Gasteiger partial charge in [0.1, 0.15) is 0 Å². The largest absolute Gasteiger partial charge is 0.465 e. The van der Waals surface area contributed by atoms with Crippen LogP contribution in [0.15, 0.2) is 48.5 Å². The van der Waals surface area contributed by atoms with Crippen molar-refractivity contribution in [2.45, 2.75) is 0 Å². The second-order valence-corrected chi connectivity index (χ2v) is 4.56. The summed E-state index contributed by atoms with van der Waals surface area (Å²) in [6, 6.07) is 14.2. The monoisotopic (exact) mass is 296 g/mol. The highest BCUT2D eigenvalue weighted by atomic mass is 16.5. The first kappa shape index (κ1) is 15.5. The van der Waals surface area contributed by atoms with Crippen LogP contribution in [0.1, 0.15) is 31.8 Å². The fourth-order valence-corrected chi connectivity index (χ4v) is 1.89. The number of carbonyl (C=O) groups excluding carboxylic acids is 2. The Labute approximate surface area is 129 Å². The molecule has 0 fully saturated rings. The first-order valence-electron chi connectivity index (χ1n) is 6.69. The van der Waals surface area contributed by atoms with Crippen LogP contribution in [0.25, 0.3) is 12.2 Å². The molecule has 4 heteroatoms. The number of hydrogen-bond acceptors (Lipinski definition) is 4. The molecule has 0 aliphatic rings. The van der Waals surface area contributed by atoms with Crippen LogP contribution in [0.3, 0.4) is 0 Å². The van der Waals surface area contributed by atoms with E-state index in [1.165, 1.54) is 14.2 Å². The summed E-state index contributed by atoms with van der Waals surface area (Å²) in [7, 11) is 2.71. The lowest BCUT2D eigenvalue weighted by Gasteiger charge is -2.00. The van der Waals surface area contributed by atoms with E-state index in [9.17, 15) is 9.59 Å². The fraction of sp³-hybridized carbons (Fsp3) is 0.111. The van der Waals surface area contributed by atoms with Crippen LogP contribution in [0.2, 0.25) is 0 Å². The van der Waals surface area contributed by atoms with Gasteiger partial charge in [-0.2, -0.15) is 0 Å². The van der Waals surface area contributed by atoms with Crippen molar-refractivity contribution in [2.24, 2.45) is 0 Å². The highest BCUT2D eigenvalue weighted by Crippen LogP contribution is 2.12. The van der Waals surface area contributed by atoms with Gasteiger partial charge in [0.15, 0.2) is 0 Å². The van der Waals surface area contributed by atoms with E-state index in [1.54, 1.807) is 24.3 Å². The third kappa shape index (κ3) is 3.82. The molecule has 0 amide bonds. The molecule has 22 heavy (non-hydrogen) atoms. The minimum absolute atomic E-state index is 0.353. The average Bonchev–Trinajstić information content (AvgIpc) is 2.59. The second-order valence-electron chi connectivity index (χ2n) is 4.56. The highest BCUT2D eigenvalue weighted by molar-refractivity contribution is 5.90. The van der Waals surface area contributed by atoms with Gasteiger partial charge in [0.25, 0.3) is 0 Å². The Hall–Kier alpha value is -2.88. The van der Waals surface area contributed by atoms with Crippen LogP contribution in [0.4, 0.5) is 0 Å². The average molecular weight is 296 g/mol. The van der Waals surface area contributed by atoms with Crippen molar-refractivity contribution in [1.82, 2.24) is 0 Å². The van der Waals surface area contributed by atoms with E-state index in [0.29, 0.717) is 11.1 Å². The zero-order chi connectivity index (χ0) is 15.9. The summed E-state index contributed by atoms with van der Waals surface area (Å²) in [5.74, 6) is -0.706. The molecule has 0 saturated carbocycles. The number of carbonyl (C=O) groups is 2. The van der Waals surface area contributed by atoms with Crippen molar-refractivity contribution in [1.29, 1.82) is 0 Å². The molecule has 0 saturated heterocycles. The number of esters is 2. The number of rotatable bonds is 4. The van der Waals surface area contributed by atoms with Crippen molar-refractivity contribution < 1.29 is 19.1 Å². The van der Waals surface area contributed by atoms with Crippen LogP contribution >= 0.6 is 0 Å². The molecule has 0 heterocycles. The van der Waals surface area contributed by atoms with Crippen molar-refractivity contribution >= 4 is 24.1 Å². The molecule has 2 aromatic rings. The van der Waals surface area contributed by atoms with Crippen LogP contribution in [-0.2, 0) is 9.47 Å². The molecule has 0 N–H and O–H groups in total. The Morgan fingerprint density at radius 1 is 0.682 bits per heavy atom. The van der Waals surface area contributed by atoms with Crippen LogP contribution in [-0.4, -0.2) is 26.2 Å². The van der Waals surface area contributed by atoms with Crippen molar-refractivity contribution in [3.05, 3.63) is 70.8 Å². The summed E-state index contributed by atoms with van der Waals surface area (Å²) in [6.07, 6.45) is 3.85. The van der Waals surface area contributed by atoms with E-state index in [2.05, 4.69) is 9.47 Å². The topological polar surface area (TPSA) is 52.6 Å². The summed E-state index contributed by atoms with van der Waals surface area (Å²) >= 11 is 0. The molecule has 0 spiro atoms. The summed E-state index contributed by atoms with van der Waals surface area (Å²) in [5.41, 5.74) is 2.96. The Bertz CT molecular complexity index is 621. The van der Waals surface area contributed by atoms with Crippen LogP contribution < -0.4 is 0 Å². The normalized spacial score (nSPS) is 10.5. The molecule has 2 aromatic carbocycles. The quantitative estimate of drug-likeness (QED) is 0.640. The zero-order valence-corrected chi connectivity index (χ0v) is 12.4. The third-order valence-electron chi connectivity index (χ3n) is 3.13. The molecule has 0 unspecified atom stereocenters. The van der Waals surface area contributed by atoms with Gasteiger partial charge < -0.3 is 9.47 Å². The van der Waals surface area contributed by atoms with E-state index in [0.717, 1.165) is 11.1 Å². The molecule has 0 radical (unpaired) electrons. The molecule has 112 valence electrons. The van der Waals surface area contributed by atoms with Gasteiger partial charge in [-0.25, -0.2) is 9.59 Å². The molecule has 0 aromatic heterocycles. The Morgan fingerprint density at radius 3 is 1.27 bits per heavy atom. The predicted octanol–water partition coefficient (Wildman–Crippen LogP) is 3.43. The van der Waals surface area contributed by atoms with Gasteiger partial charge >= 0.3 is 11.9 Å². The maximum absolute atomic E-state index is 11.3. The third-order valence-corrected chi connectivity index (χ3v) is 3.13. The van der Waals surface area contributed by atoms with E-state index in [1.807, 2.05) is 36.4 Å². The minimum Gasteiger partial charge on any atom is -0.465 e. The highest BCUT2D eigenvalue weighted by Gasteiger charge is 2.04. The summed E-state index contributed by atoms with van der Waals surface area (Å²) in [4.78, 5) is 22.7. The lowest BCUT2D eigenvalue weighted by Crippen LogP contribution is -2.00. The molecular formula is C18H16O4. The summed E-state index contributed by atoms with van der Waals surface area (Å²) in [6.45, 7) is 0. The first-order valence-corrected chi connectivity index (χ1v) is 6.69. The SMILES string of the molecule is COC(=O)c1ccc(C=Cc2ccc(C(=O)OC)cc2)cc1. The summed E-state index contributed by atoms with van der Waals surface area (Å²) < 4.78 is 9.30. The van der Waals surface area contributed by atoms with Crippen molar-refractivity contribution in [3.63, 3.8) is 0 Å². The molecule has 0 aliphatic heterocycles. The maximum Gasteiger partial charge on any atom is 0.337 e. The molecule has 2 rings (SSSR count). The number of benzene rings is 2. The van der Waals surface area contributed by atoms with E-state index < -0.39 is 0 Å². The van der Waals surface area contributed by atoms with E-state index >= 15 is 0 Å². The Morgan fingerprint density at radius 2 is 1.00 bits per heavy atom. The lowest BCUT2D eigenvalue weighted by molar-refractivity contribution is 0.0592. The number of hydrogen-bond donors (Lipinski definition) is 0. The van der Waals surface area contributed by atoms with Gasteiger partial charge in [0.05, 0.1) is 25.3 Å². The van der Waals surface area contributed by atoms with Crippen molar-refractivity contribution in [2.75, 3.05) is 14.2 Å². The van der Waals surface area contributed by atoms with Crippen LogP contribution in [0, 0.1) is 0 Å². The Balaban J connectivity index is 2.08. The summed E-state index contributed by atoms with van der Waals surface area (Å²) in [5, 5.41) is 0. The van der Waals surface area contributed by atoms with Crippen LogP contribution in [0.5, 0.6) is 0 Å². The van der Waals surface area contributed by atoms with Gasteiger partial charge in [-0.3, -0.25) is 0 Å². The molecule has 0 atom stereocenters. The standard InChI is InChI=1S/C18H16O4/c1-21-17(19)15-9-5-13(6-10-15)3-4-14-7-11-16(12-8-14)18(20)22-2/h3-12H,1-2H3.